The number of para-hydroxylation sites is 1. The number of amides is 1. The lowest BCUT2D eigenvalue weighted by molar-refractivity contribution is -0.123. The highest BCUT2D eigenvalue weighted by molar-refractivity contribution is 5.98. The highest BCUT2D eigenvalue weighted by Gasteiger charge is 2.35. The molecule has 1 aromatic carbocycles. The first-order valence-electron chi connectivity index (χ1n) is 11.3. The van der Waals surface area contributed by atoms with E-state index in [0.717, 1.165) is 69.2 Å². The number of likely N-dealkylation sites (tertiary alicyclic amines) is 1. The van der Waals surface area contributed by atoms with E-state index >= 15 is 0 Å². The third-order valence-corrected chi connectivity index (χ3v) is 7.01. The molecule has 1 aromatic heterocycles. The molecule has 5 rings (SSSR count). The molecule has 0 aliphatic carbocycles. The SMILES string of the molecule is CC(C(=O)N1CCc2ccccc21)N1CCCC(c2nnc3n2CCCCC3)C1. The van der Waals surface area contributed by atoms with E-state index in [2.05, 4.69) is 44.8 Å². The third kappa shape index (κ3) is 3.48. The Bertz CT molecular complexity index is 891. The van der Waals surface area contributed by atoms with Crippen LogP contribution in [0.4, 0.5) is 5.69 Å². The molecule has 0 N–H and O–H groups in total. The number of piperidine rings is 1. The van der Waals surface area contributed by atoms with E-state index in [9.17, 15) is 4.79 Å². The van der Waals surface area contributed by atoms with Gasteiger partial charge in [0.05, 0.1) is 6.04 Å². The number of rotatable bonds is 3. The Hall–Kier alpha value is -2.21. The topological polar surface area (TPSA) is 54.3 Å². The van der Waals surface area contributed by atoms with Crippen LogP contribution < -0.4 is 4.90 Å². The van der Waals surface area contributed by atoms with Crippen LogP contribution in [0.15, 0.2) is 24.3 Å². The number of benzene rings is 1. The Balaban J connectivity index is 1.31. The van der Waals surface area contributed by atoms with Crippen LogP contribution >= 0.6 is 0 Å². The molecular formula is C23H31N5O. The summed E-state index contributed by atoms with van der Waals surface area (Å²) in [5, 5.41) is 9.10. The Morgan fingerprint density at radius 3 is 2.86 bits per heavy atom. The summed E-state index contributed by atoms with van der Waals surface area (Å²) in [6.45, 7) is 5.82. The predicted molar refractivity (Wildman–Crippen MR) is 113 cm³/mol. The lowest BCUT2D eigenvalue weighted by Crippen LogP contribution is -2.50. The number of hydrogen-bond donors (Lipinski definition) is 0. The smallest absolute Gasteiger partial charge is 0.244 e. The first-order valence-corrected chi connectivity index (χ1v) is 11.3. The molecule has 2 aromatic rings. The summed E-state index contributed by atoms with van der Waals surface area (Å²) < 4.78 is 2.38. The Morgan fingerprint density at radius 1 is 1.03 bits per heavy atom. The normalized spacial score (nSPS) is 23.3. The zero-order valence-electron chi connectivity index (χ0n) is 17.4. The van der Waals surface area contributed by atoms with Gasteiger partial charge in [-0.15, -0.1) is 10.2 Å². The van der Waals surface area contributed by atoms with Gasteiger partial charge in [0, 0.05) is 37.7 Å². The third-order valence-electron chi connectivity index (χ3n) is 7.01. The zero-order chi connectivity index (χ0) is 19.8. The molecule has 0 saturated carbocycles. The molecule has 6 nitrogen and oxygen atoms in total. The van der Waals surface area contributed by atoms with Gasteiger partial charge in [-0.3, -0.25) is 9.69 Å². The fraction of sp³-hybridized carbons (Fsp3) is 0.609. The van der Waals surface area contributed by atoms with Crippen LogP contribution in [0.2, 0.25) is 0 Å². The van der Waals surface area contributed by atoms with Gasteiger partial charge in [-0.1, -0.05) is 24.6 Å². The van der Waals surface area contributed by atoms with Crippen LogP contribution in [-0.4, -0.2) is 51.2 Å². The molecule has 29 heavy (non-hydrogen) atoms. The summed E-state index contributed by atoms with van der Waals surface area (Å²) in [6, 6.07) is 8.21. The van der Waals surface area contributed by atoms with Crippen molar-refractivity contribution in [3.8, 4) is 0 Å². The van der Waals surface area contributed by atoms with Gasteiger partial charge >= 0.3 is 0 Å². The van der Waals surface area contributed by atoms with Crippen molar-refractivity contribution in [1.82, 2.24) is 19.7 Å². The Labute approximate surface area is 172 Å². The van der Waals surface area contributed by atoms with Crippen molar-refractivity contribution in [2.24, 2.45) is 0 Å². The van der Waals surface area contributed by atoms with Gasteiger partial charge in [-0.2, -0.15) is 0 Å². The van der Waals surface area contributed by atoms with E-state index in [-0.39, 0.29) is 11.9 Å². The van der Waals surface area contributed by atoms with Crippen molar-refractivity contribution >= 4 is 11.6 Å². The summed E-state index contributed by atoms with van der Waals surface area (Å²) in [4.78, 5) is 17.7. The maximum absolute atomic E-state index is 13.3. The van der Waals surface area contributed by atoms with Crippen molar-refractivity contribution in [1.29, 1.82) is 0 Å². The lowest BCUT2D eigenvalue weighted by Gasteiger charge is -2.37. The molecule has 0 bridgehead atoms. The highest BCUT2D eigenvalue weighted by atomic mass is 16.2. The molecule has 1 amide bonds. The lowest BCUT2D eigenvalue weighted by atomic mass is 9.95. The van der Waals surface area contributed by atoms with Crippen molar-refractivity contribution in [3.05, 3.63) is 41.5 Å². The predicted octanol–water partition coefficient (Wildman–Crippen LogP) is 3.16. The second kappa shape index (κ2) is 7.90. The molecule has 1 saturated heterocycles. The molecule has 4 heterocycles. The minimum Gasteiger partial charge on any atom is -0.315 e. The monoisotopic (exact) mass is 393 g/mol. The standard InChI is InChI=1S/C23H31N5O/c1-17(23(29)27-15-12-18-8-4-5-10-20(18)27)26-13-7-9-19(16-26)22-25-24-21-11-3-2-6-14-28(21)22/h4-5,8,10,17,19H,2-3,6-7,9,11-16H2,1H3. The average molecular weight is 394 g/mol. The van der Waals surface area contributed by atoms with Crippen LogP contribution in [0.5, 0.6) is 0 Å². The summed E-state index contributed by atoms with van der Waals surface area (Å²) >= 11 is 0. The molecule has 6 heteroatoms. The van der Waals surface area contributed by atoms with Crippen LogP contribution in [0.3, 0.4) is 0 Å². The number of carbonyl (C=O) groups is 1. The number of aryl methyl sites for hydroxylation is 1. The molecule has 2 atom stereocenters. The van der Waals surface area contributed by atoms with Crippen molar-refractivity contribution in [3.63, 3.8) is 0 Å². The summed E-state index contributed by atoms with van der Waals surface area (Å²) in [5.41, 5.74) is 2.39. The first-order chi connectivity index (χ1) is 14.2. The quantitative estimate of drug-likeness (QED) is 0.804. The van der Waals surface area contributed by atoms with Crippen molar-refractivity contribution < 1.29 is 4.79 Å². The maximum atomic E-state index is 13.3. The maximum Gasteiger partial charge on any atom is 0.244 e. The van der Waals surface area contributed by atoms with Crippen LogP contribution in [0.1, 0.15) is 62.2 Å². The Morgan fingerprint density at radius 2 is 1.93 bits per heavy atom. The number of hydrogen-bond acceptors (Lipinski definition) is 4. The minimum absolute atomic E-state index is 0.101. The van der Waals surface area contributed by atoms with Gasteiger partial charge in [0.15, 0.2) is 0 Å². The first kappa shape index (κ1) is 18.8. The zero-order valence-corrected chi connectivity index (χ0v) is 17.4. The molecular weight excluding hydrogens is 362 g/mol. The minimum atomic E-state index is -0.101. The van der Waals surface area contributed by atoms with Crippen LogP contribution in [0, 0.1) is 0 Å². The van der Waals surface area contributed by atoms with Gasteiger partial charge in [-0.25, -0.2) is 0 Å². The van der Waals surface area contributed by atoms with Crippen LogP contribution in [0.25, 0.3) is 0 Å². The van der Waals surface area contributed by atoms with E-state index in [4.69, 9.17) is 0 Å². The second-order valence-corrected chi connectivity index (χ2v) is 8.82. The number of fused-ring (bicyclic) bond motifs is 2. The van der Waals surface area contributed by atoms with Crippen molar-refractivity contribution in [2.75, 3.05) is 24.5 Å². The van der Waals surface area contributed by atoms with E-state index in [1.54, 1.807) is 0 Å². The molecule has 154 valence electrons. The van der Waals surface area contributed by atoms with E-state index in [1.807, 2.05) is 11.0 Å². The molecule has 0 radical (unpaired) electrons. The summed E-state index contributed by atoms with van der Waals surface area (Å²) in [6.07, 6.45) is 7.98. The largest absolute Gasteiger partial charge is 0.315 e. The molecule has 2 unspecified atom stereocenters. The number of carbonyl (C=O) groups excluding carboxylic acids is 1. The highest BCUT2D eigenvalue weighted by Crippen LogP contribution is 2.31. The fourth-order valence-corrected chi connectivity index (χ4v) is 5.33. The van der Waals surface area contributed by atoms with Gasteiger partial charge in [-0.05, 0) is 57.2 Å². The fourth-order valence-electron chi connectivity index (χ4n) is 5.33. The average Bonchev–Trinajstić information content (AvgIpc) is 3.30. The number of anilines is 1. The molecule has 3 aliphatic rings. The van der Waals surface area contributed by atoms with E-state index in [1.165, 1.54) is 24.8 Å². The van der Waals surface area contributed by atoms with Gasteiger partial charge in [0.1, 0.15) is 11.6 Å². The molecule has 0 spiro atoms. The van der Waals surface area contributed by atoms with Gasteiger partial charge < -0.3 is 9.47 Å². The van der Waals surface area contributed by atoms with Crippen LogP contribution in [-0.2, 0) is 24.2 Å². The number of nitrogens with zero attached hydrogens (tertiary/aromatic N) is 5. The molecule has 3 aliphatic heterocycles. The van der Waals surface area contributed by atoms with E-state index in [0.29, 0.717) is 5.92 Å². The summed E-state index contributed by atoms with van der Waals surface area (Å²) in [5.74, 6) is 2.92. The number of aromatic nitrogens is 3. The van der Waals surface area contributed by atoms with Gasteiger partial charge in [0.2, 0.25) is 5.91 Å². The molecule has 1 fully saturated rings. The Kier molecular flexibility index (Phi) is 5.12. The van der Waals surface area contributed by atoms with E-state index < -0.39 is 0 Å². The van der Waals surface area contributed by atoms with Crippen molar-refractivity contribution in [2.45, 2.75) is 70.4 Å². The van der Waals surface area contributed by atoms with Gasteiger partial charge in [0.25, 0.3) is 0 Å². The second-order valence-electron chi connectivity index (χ2n) is 8.82. The summed E-state index contributed by atoms with van der Waals surface area (Å²) in [7, 11) is 0.